The highest BCUT2D eigenvalue weighted by atomic mass is 32.2. The number of aromatic amines is 1. The zero-order chi connectivity index (χ0) is 14.5. The molecule has 0 saturated heterocycles. The minimum atomic E-state index is -3.50. The largest absolute Gasteiger partial charge is 0.309 e. The van der Waals surface area contributed by atoms with Gasteiger partial charge < -0.3 is 5.32 Å². The number of thioether (sulfide) groups is 1. The van der Waals surface area contributed by atoms with E-state index in [0.29, 0.717) is 24.5 Å². The maximum Gasteiger partial charge on any atom is 0.244 e. The number of hydrogen-bond acceptors (Lipinski definition) is 5. The van der Waals surface area contributed by atoms with Crippen LogP contribution in [0.25, 0.3) is 0 Å². The van der Waals surface area contributed by atoms with Crippen molar-refractivity contribution in [1.82, 2.24) is 20.2 Å². The minimum Gasteiger partial charge on any atom is -0.309 e. The van der Waals surface area contributed by atoms with Crippen LogP contribution in [0.4, 0.5) is 0 Å². The Kier molecular flexibility index (Phi) is 6.31. The van der Waals surface area contributed by atoms with Gasteiger partial charge in [0.1, 0.15) is 4.90 Å². The third-order valence-corrected chi connectivity index (χ3v) is 4.78. The lowest BCUT2D eigenvalue weighted by molar-refractivity contribution is 0.565. The van der Waals surface area contributed by atoms with Gasteiger partial charge in [0, 0.05) is 24.9 Å². The van der Waals surface area contributed by atoms with Gasteiger partial charge in [0.2, 0.25) is 10.0 Å². The van der Waals surface area contributed by atoms with Crippen LogP contribution in [0.5, 0.6) is 0 Å². The van der Waals surface area contributed by atoms with E-state index in [1.54, 1.807) is 18.7 Å². The predicted octanol–water partition coefficient (Wildman–Crippen LogP) is 0.857. The molecule has 3 N–H and O–H groups in total. The second-order valence-corrected chi connectivity index (χ2v) is 7.24. The lowest BCUT2D eigenvalue weighted by Gasteiger charge is -2.09. The molecule has 0 aliphatic carbocycles. The summed E-state index contributed by atoms with van der Waals surface area (Å²) in [6.45, 7) is 6.58. The smallest absolute Gasteiger partial charge is 0.244 e. The first-order valence-corrected chi connectivity index (χ1v) is 9.02. The van der Waals surface area contributed by atoms with E-state index in [2.05, 4.69) is 20.2 Å². The minimum absolute atomic E-state index is 0.266. The monoisotopic (exact) mass is 306 g/mol. The lowest BCUT2D eigenvalue weighted by Crippen LogP contribution is -2.29. The Balaban J connectivity index is 2.88. The molecule has 0 saturated carbocycles. The summed E-state index contributed by atoms with van der Waals surface area (Å²) in [5.41, 5.74) is 1.10. The zero-order valence-electron chi connectivity index (χ0n) is 11.8. The SMILES string of the molecule is CSCCNS(=O)(=O)c1c(CNC(C)C)n[nH]c1C. The number of aryl methyl sites for hydroxylation is 1. The van der Waals surface area contributed by atoms with Crippen LogP contribution in [0.2, 0.25) is 0 Å². The van der Waals surface area contributed by atoms with Crippen molar-refractivity contribution in [3.63, 3.8) is 0 Å². The van der Waals surface area contributed by atoms with E-state index in [4.69, 9.17) is 0 Å². The molecule has 1 aromatic heterocycles. The summed E-state index contributed by atoms with van der Waals surface area (Å²) in [6, 6.07) is 0.275. The number of hydrogen-bond donors (Lipinski definition) is 3. The Morgan fingerprint density at radius 2 is 2.11 bits per heavy atom. The summed E-state index contributed by atoms with van der Waals surface area (Å²) in [7, 11) is -3.50. The van der Waals surface area contributed by atoms with Gasteiger partial charge in [-0.3, -0.25) is 5.10 Å². The molecular formula is C11H22N4O2S2. The highest BCUT2D eigenvalue weighted by molar-refractivity contribution is 7.98. The quantitative estimate of drug-likeness (QED) is 0.620. The Labute approximate surface area is 119 Å². The van der Waals surface area contributed by atoms with Crippen molar-refractivity contribution in [1.29, 1.82) is 0 Å². The molecule has 110 valence electrons. The van der Waals surface area contributed by atoms with Gasteiger partial charge in [0.05, 0.1) is 11.4 Å². The molecule has 1 aromatic rings. The Morgan fingerprint density at radius 3 is 2.68 bits per heavy atom. The molecule has 0 aromatic carbocycles. The first kappa shape index (κ1) is 16.5. The zero-order valence-corrected chi connectivity index (χ0v) is 13.4. The average Bonchev–Trinajstić information content (AvgIpc) is 2.68. The standard InChI is InChI=1S/C11H22N4O2S2/c1-8(2)12-7-10-11(9(3)14-15-10)19(16,17)13-5-6-18-4/h8,12-13H,5-7H2,1-4H3,(H,14,15). The van der Waals surface area contributed by atoms with Crippen molar-refractivity contribution in [2.45, 2.75) is 38.3 Å². The van der Waals surface area contributed by atoms with Crippen LogP contribution < -0.4 is 10.0 Å². The molecule has 6 nitrogen and oxygen atoms in total. The molecule has 0 spiro atoms. The fraction of sp³-hybridized carbons (Fsp3) is 0.727. The van der Waals surface area contributed by atoms with Crippen molar-refractivity contribution in [3.05, 3.63) is 11.4 Å². The van der Waals surface area contributed by atoms with Gasteiger partial charge in [0.25, 0.3) is 0 Å². The molecule has 0 atom stereocenters. The molecule has 0 bridgehead atoms. The number of aromatic nitrogens is 2. The summed E-state index contributed by atoms with van der Waals surface area (Å²) in [6.07, 6.45) is 1.94. The Bertz CT molecular complexity index is 497. The Morgan fingerprint density at radius 1 is 1.42 bits per heavy atom. The third-order valence-electron chi connectivity index (χ3n) is 2.51. The molecule has 0 amide bonds. The highest BCUT2D eigenvalue weighted by Gasteiger charge is 2.23. The molecule has 0 aliphatic rings. The lowest BCUT2D eigenvalue weighted by atomic mass is 10.3. The van der Waals surface area contributed by atoms with E-state index in [9.17, 15) is 8.42 Å². The van der Waals surface area contributed by atoms with E-state index in [0.717, 1.165) is 5.75 Å². The van der Waals surface area contributed by atoms with Crippen LogP contribution in [0.3, 0.4) is 0 Å². The van der Waals surface area contributed by atoms with E-state index >= 15 is 0 Å². The maximum atomic E-state index is 12.2. The summed E-state index contributed by atoms with van der Waals surface area (Å²) in [4.78, 5) is 0.266. The van der Waals surface area contributed by atoms with Gasteiger partial charge in [-0.2, -0.15) is 16.9 Å². The maximum absolute atomic E-state index is 12.2. The Hall–Kier alpha value is -0.570. The van der Waals surface area contributed by atoms with E-state index in [-0.39, 0.29) is 10.9 Å². The second-order valence-electron chi connectivity index (χ2n) is 4.55. The van der Waals surface area contributed by atoms with Crippen LogP contribution in [0.1, 0.15) is 25.2 Å². The number of nitrogens with zero attached hydrogens (tertiary/aromatic N) is 1. The normalized spacial score (nSPS) is 12.3. The van der Waals surface area contributed by atoms with Crippen molar-refractivity contribution >= 4 is 21.8 Å². The predicted molar refractivity (Wildman–Crippen MR) is 78.9 cm³/mol. The van der Waals surface area contributed by atoms with Crippen molar-refractivity contribution < 1.29 is 8.42 Å². The van der Waals surface area contributed by atoms with Crippen LogP contribution in [-0.2, 0) is 16.6 Å². The average molecular weight is 306 g/mol. The molecule has 0 unspecified atom stereocenters. The van der Waals surface area contributed by atoms with Gasteiger partial charge in [-0.15, -0.1) is 0 Å². The summed E-state index contributed by atoms with van der Waals surface area (Å²) in [5, 5.41) is 9.99. The van der Waals surface area contributed by atoms with E-state index < -0.39 is 10.0 Å². The van der Waals surface area contributed by atoms with Gasteiger partial charge in [-0.05, 0) is 13.2 Å². The van der Waals surface area contributed by atoms with E-state index in [1.807, 2.05) is 20.1 Å². The molecule has 8 heteroatoms. The first-order valence-electron chi connectivity index (χ1n) is 6.14. The van der Waals surface area contributed by atoms with Crippen molar-refractivity contribution in [3.8, 4) is 0 Å². The third kappa shape index (κ3) is 4.79. The molecule has 19 heavy (non-hydrogen) atoms. The fourth-order valence-electron chi connectivity index (χ4n) is 1.60. The van der Waals surface area contributed by atoms with Crippen LogP contribution in [0, 0.1) is 6.92 Å². The highest BCUT2D eigenvalue weighted by Crippen LogP contribution is 2.17. The van der Waals surface area contributed by atoms with Gasteiger partial charge in [-0.25, -0.2) is 13.1 Å². The fourth-order valence-corrected chi connectivity index (χ4v) is 3.42. The number of H-pyrrole nitrogens is 1. The van der Waals surface area contributed by atoms with Crippen molar-refractivity contribution in [2.24, 2.45) is 0 Å². The molecule has 0 radical (unpaired) electrons. The molecule has 1 rings (SSSR count). The molecular weight excluding hydrogens is 284 g/mol. The summed E-state index contributed by atoms with van der Waals surface area (Å²) in [5.74, 6) is 0.746. The topological polar surface area (TPSA) is 86.9 Å². The molecule has 0 fully saturated rings. The van der Waals surface area contributed by atoms with Gasteiger partial charge >= 0.3 is 0 Å². The number of nitrogens with one attached hydrogen (secondary N) is 3. The second kappa shape index (κ2) is 7.28. The summed E-state index contributed by atoms with van der Waals surface area (Å²) >= 11 is 1.60. The number of rotatable bonds is 8. The molecule has 0 aliphatic heterocycles. The van der Waals surface area contributed by atoms with Crippen LogP contribution >= 0.6 is 11.8 Å². The van der Waals surface area contributed by atoms with Crippen LogP contribution in [0.15, 0.2) is 4.90 Å². The van der Waals surface area contributed by atoms with Gasteiger partial charge in [0.15, 0.2) is 0 Å². The van der Waals surface area contributed by atoms with Crippen LogP contribution in [-0.4, -0.2) is 43.2 Å². The number of sulfonamides is 1. The first-order chi connectivity index (χ1) is 8.88. The molecule has 1 heterocycles. The van der Waals surface area contributed by atoms with Crippen molar-refractivity contribution in [2.75, 3.05) is 18.6 Å². The summed E-state index contributed by atoms with van der Waals surface area (Å²) < 4.78 is 27.1. The van der Waals surface area contributed by atoms with Gasteiger partial charge in [-0.1, -0.05) is 13.8 Å². The van der Waals surface area contributed by atoms with E-state index in [1.165, 1.54) is 0 Å².